The van der Waals surface area contributed by atoms with Crippen molar-refractivity contribution in [3.8, 4) is 11.8 Å². The van der Waals surface area contributed by atoms with Crippen molar-refractivity contribution >= 4 is 0 Å². The highest BCUT2D eigenvalue weighted by Gasteiger charge is 2.16. The van der Waals surface area contributed by atoms with Crippen molar-refractivity contribution in [3.05, 3.63) is 11.9 Å². The van der Waals surface area contributed by atoms with Crippen molar-refractivity contribution < 1.29 is 14.2 Å². The van der Waals surface area contributed by atoms with Gasteiger partial charge in [0.05, 0.1) is 39.2 Å². The van der Waals surface area contributed by atoms with Crippen LogP contribution in [0.2, 0.25) is 0 Å². The quantitative estimate of drug-likeness (QED) is 0.797. The van der Waals surface area contributed by atoms with Gasteiger partial charge in [0.15, 0.2) is 0 Å². The van der Waals surface area contributed by atoms with Crippen LogP contribution < -0.4 is 15.2 Å². The summed E-state index contributed by atoms with van der Waals surface area (Å²) in [6, 6.07) is -0.370. The van der Waals surface area contributed by atoms with Crippen LogP contribution in [-0.4, -0.2) is 36.9 Å². The van der Waals surface area contributed by atoms with E-state index in [1.165, 1.54) is 20.4 Å². The molecular weight excluding hydrogens is 222 g/mol. The van der Waals surface area contributed by atoms with Crippen molar-refractivity contribution in [2.45, 2.75) is 26.0 Å². The van der Waals surface area contributed by atoms with E-state index in [2.05, 4.69) is 9.97 Å². The molecule has 0 saturated carbocycles. The van der Waals surface area contributed by atoms with Gasteiger partial charge >= 0.3 is 0 Å². The average molecular weight is 241 g/mol. The van der Waals surface area contributed by atoms with Crippen LogP contribution in [0.3, 0.4) is 0 Å². The van der Waals surface area contributed by atoms with E-state index in [1.54, 1.807) is 0 Å². The van der Waals surface area contributed by atoms with Crippen molar-refractivity contribution in [2.75, 3.05) is 20.8 Å². The molecule has 1 heterocycles. The molecular formula is C11H19N3O3. The van der Waals surface area contributed by atoms with Crippen molar-refractivity contribution in [2.24, 2.45) is 5.73 Å². The van der Waals surface area contributed by atoms with Gasteiger partial charge in [-0.15, -0.1) is 0 Å². The van der Waals surface area contributed by atoms with E-state index in [1.807, 2.05) is 13.8 Å². The van der Waals surface area contributed by atoms with Crippen LogP contribution in [0.15, 0.2) is 6.20 Å². The number of hydrogen-bond acceptors (Lipinski definition) is 6. The Balaban J connectivity index is 2.81. The van der Waals surface area contributed by atoms with E-state index in [0.717, 1.165) is 0 Å². The molecule has 0 aromatic carbocycles. The molecule has 2 N–H and O–H groups in total. The highest BCUT2D eigenvalue weighted by atomic mass is 16.5. The largest absolute Gasteiger partial charge is 0.480 e. The molecule has 0 aliphatic rings. The Labute approximate surface area is 101 Å². The van der Waals surface area contributed by atoms with Crippen LogP contribution >= 0.6 is 0 Å². The summed E-state index contributed by atoms with van der Waals surface area (Å²) in [6.07, 6.45) is 1.63. The zero-order valence-electron chi connectivity index (χ0n) is 10.6. The van der Waals surface area contributed by atoms with Crippen LogP contribution in [0.25, 0.3) is 0 Å². The number of nitrogens with zero attached hydrogens (tertiary/aromatic N) is 2. The van der Waals surface area contributed by atoms with Gasteiger partial charge in [-0.1, -0.05) is 0 Å². The molecule has 96 valence electrons. The molecule has 0 spiro atoms. The van der Waals surface area contributed by atoms with E-state index in [-0.39, 0.29) is 12.1 Å². The SMILES string of the molecule is COc1cnc(C(N)COC(C)C)c(OC)n1. The van der Waals surface area contributed by atoms with Gasteiger partial charge in [-0.05, 0) is 13.8 Å². The van der Waals surface area contributed by atoms with Gasteiger partial charge in [0.2, 0.25) is 11.8 Å². The van der Waals surface area contributed by atoms with Crippen LogP contribution in [-0.2, 0) is 4.74 Å². The first kappa shape index (κ1) is 13.7. The zero-order chi connectivity index (χ0) is 12.8. The molecule has 0 bridgehead atoms. The van der Waals surface area contributed by atoms with Gasteiger partial charge in [-0.2, -0.15) is 4.98 Å². The first-order chi connectivity index (χ1) is 8.08. The lowest BCUT2D eigenvalue weighted by atomic mass is 10.2. The normalized spacial score (nSPS) is 12.6. The summed E-state index contributed by atoms with van der Waals surface area (Å²) < 4.78 is 15.5. The third-order valence-electron chi connectivity index (χ3n) is 2.11. The fourth-order valence-electron chi connectivity index (χ4n) is 1.24. The molecule has 6 nitrogen and oxygen atoms in total. The molecule has 0 saturated heterocycles. The minimum Gasteiger partial charge on any atom is -0.480 e. The van der Waals surface area contributed by atoms with Crippen molar-refractivity contribution in [1.29, 1.82) is 0 Å². The molecule has 1 unspecified atom stereocenters. The number of aromatic nitrogens is 2. The Bertz CT molecular complexity index is 358. The molecule has 17 heavy (non-hydrogen) atoms. The molecule has 0 amide bonds. The molecule has 1 aromatic rings. The smallest absolute Gasteiger partial charge is 0.240 e. The topological polar surface area (TPSA) is 79.5 Å². The first-order valence-electron chi connectivity index (χ1n) is 5.40. The second-order valence-corrected chi connectivity index (χ2v) is 3.80. The average Bonchev–Trinajstić information content (AvgIpc) is 2.34. The van der Waals surface area contributed by atoms with Gasteiger partial charge in [0, 0.05) is 0 Å². The Morgan fingerprint density at radius 3 is 2.53 bits per heavy atom. The predicted octanol–water partition coefficient (Wildman–Crippen LogP) is 0.919. The maximum Gasteiger partial charge on any atom is 0.240 e. The minimum absolute atomic E-state index is 0.123. The highest BCUT2D eigenvalue weighted by Crippen LogP contribution is 2.22. The Hall–Kier alpha value is -1.40. The van der Waals surface area contributed by atoms with Crippen molar-refractivity contribution in [3.63, 3.8) is 0 Å². The first-order valence-corrected chi connectivity index (χ1v) is 5.40. The zero-order valence-corrected chi connectivity index (χ0v) is 10.6. The lowest BCUT2D eigenvalue weighted by molar-refractivity contribution is 0.0670. The fourth-order valence-corrected chi connectivity index (χ4v) is 1.24. The lowest BCUT2D eigenvalue weighted by Gasteiger charge is -2.16. The van der Waals surface area contributed by atoms with Crippen LogP contribution in [0.5, 0.6) is 11.8 Å². The Morgan fingerprint density at radius 2 is 2.00 bits per heavy atom. The number of nitrogens with two attached hydrogens (primary N) is 1. The number of hydrogen-bond donors (Lipinski definition) is 1. The second kappa shape index (κ2) is 6.36. The molecule has 0 aliphatic heterocycles. The number of methoxy groups -OCH3 is 2. The van der Waals surface area contributed by atoms with E-state index in [9.17, 15) is 0 Å². The Morgan fingerprint density at radius 1 is 1.29 bits per heavy atom. The van der Waals surface area contributed by atoms with Crippen LogP contribution in [0.4, 0.5) is 0 Å². The monoisotopic (exact) mass is 241 g/mol. The van der Waals surface area contributed by atoms with Crippen LogP contribution in [0.1, 0.15) is 25.6 Å². The maximum absolute atomic E-state index is 5.96. The maximum atomic E-state index is 5.96. The summed E-state index contributed by atoms with van der Waals surface area (Å²) in [5.41, 5.74) is 6.53. The molecule has 1 atom stereocenters. The van der Waals surface area contributed by atoms with Gasteiger partial charge < -0.3 is 19.9 Å². The van der Waals surface area contributed by atoms with E-state index in [0.29, 0.717) is 24.1 Å². The predicted molar refractivity (Wildman–Crippen MR) is 63.2 cm³/mol. The standard InChI is InChI=1S/C11H19N3O3/c1-7(2)17-6-8(12)10-11(16-4)14-9(15-3)5-13-10/h5,7-8H,6,12H2,1-4H3. The molecule has 0 aliphatic carbocycles. The highest BCUT2D eigenvalue weighted by molar-refractivity contribution is 5.25. The minimum atomic E-state index is -0.370. The molecule has 0 fully saturated rings. The van der Waals surface area contributed by atoms with E-state index < -0.39 is 0 Å². The summed E-state index contributed by atoms with van der Waals surface area (Å²) in [5, 5.41) is 0. The number of ether oxygens (including phenoxy) is 3. The molecule has 6 heteroatoms. The van der Waals surface area contributed by atoms with E-state index in [4.69, 9.17) is 19.9 Å². The fraction of sp³-hybridized carbons (Fsp3) is 0.636. The lowest BCUT2D eigenvalue weighted by Crippen LogP contribution is -2.21. The summed E-state index contributed by atoms with van der Waals surface area (Å²) in [6.45, 7) is 4.27. The van der Waals surface area contributed by atoms with Crippen molar-refractivity contribution in [1.82, 2.24) is 9.97 Å². The summed E-state index contributed by atoms with van der Waals surface area (Å²) >= 11 is 0. The molecule has 0 radical (unpaired) electrons. The number of rotatable bonds is 6. The van der Waals surface area contributed by atoms with Gasteiger partial charge in [-0.25, -0.2) is 4.98 Å². The second-order valence-electron chi connectivity index (χ2n) is 3.80. The third kappa shape index (κ3) is 3.83. The van der Waals surface area contributed by atoms with E-state index >= 15 is 0 Å². The summed E-state index contributed by atoms with van der Waals surface area (Å²) in [5.74, 6) is 0.756. The van der Waals surface area contributed by atoms with Crippen LogP contribution in [0, 0.1) is 0 Å². The summed E-state index contributed by atoms with van der Waals surface area (Å²) in [4.78, 5) is 8.30. The molecule has 1 rings (SSSR count). The van der Waals surface area contributed by atoms with Gasteiger partial charge in [0.25, 0.3) is 0 Å². The Kier molecular flexibility index (Phi) is 5.11. The van der Waals surface area contributed by atoms with Gasteiger partial charge in [-0.3, -0.25) is 0 Å². The van der Waals surface area contributed by atoms with Gasteiger partial charge in [0.1, 0.15) is 5.69 Å². The third-order valence-corrected chi connectivity index (χ3v) is 2.11. The molecule has 1 aromatic heterocycles. The summed E-state index contributed by atoms with van der Waals surface area (Å²) in [7, 11) is 3.04.